The number of hydrogen-bond acceptors (Lipinski definition) is 3. The molecule has 1 saturated carbocycles. The molecule has 0 aliphatic heterocycles. The second kappa shape index (κ2) is 6.37. The molecular formula is C15H16F3NO3. The zero-order chi connectivity index (χ0) is 16.3. The highest BCUT2D eigenvalue weighted by Crippen LogP contribution is 2.30. The van der Waals surface area contributed by atoms with E-state index in [4.69, 9.17) is 4.74 Å². The average Bonchev–Trinajstić information content (AvgIpc) is 2.35. The average molecular weight is 315 g/mol. The van der Waals surface area contributed by atoms with Crippen LogP contribution in [-0.4, -0.2) is 18.0 Å². The van der Waals surface area contributed by atoms with Gasteiger partial charge in [-0.15, -0.1) is 0 Å². The summed E-state index contributed by atoms with van der Waals surface area (Å²) in [5.74, 6) is -1.12. The fraction of sp³-hybridized carbons (Fsp3) is 0.467. The van der Waals surface area contributed by atoms with Crippen LogP contribution in [0.2, 0.25) is 0 Å². The van der Waals surface area contributed by atoms with Gasteiger partial charge in [0, 0.05) is 5.69 Å². The molecule has 0 unspecified atom stereocenters. The van der Waals surface area contributed by atoms with E-state index in [1.54, 1.807) is 0 Å². The Balaban J connectivity index is 1.89. The third-order valence-corrected chi connectivity index (χ3v) is 3.58. The predicted octanol–water partition coefficient (Wildman–Crippen LogP) is 3.38. The molecule has 1 atom stereocenters. The molecule has 120 valence electrons. The van der Waals surface area contributed by atoms with E-state index in [2.05, 4.69) is 5.32 Å². The number of carbonyl (C=O) groups excluding carboxylic acids is 2. The number of halogens is 3. The second-order valence-corrected chi connectivity index (χ2v) is 5.27. The van der Waals surface area contributed by atoms with Crippen molar-refractivity contribution in [2.45, 2.75) is 38.5 Å². The summed E-state index contributed by atoms with van der Waals surface area (Å²) in [6, 6.07) is 4.06. The van der Waals surface area contributed by atoms with E-state index in [1.165, 1.54) is 6.92 Å². The van der Waals surface area contributed by atoms with Crippen molar-refractivity contribution in [1.29, 1.82) is 0 Å². The second-order valence-electron chi connectivity index (χ2n) is 5.27. The molecule has 1 N–H and O–H groups in total. The summed E-state index contributed by atoms with van der Waals surface area (Å²) >= 11 is 0. The quantitative estimate of drug-likeness (QED) is 0.867. The number of alkyl halides is 3. The molecule has 2 rings (SSSR count). The molecule has 1 amide bonds. The van der Waals surface area contributed by atoms with Gasteiger partial charge in [0.1, 0.15) is 0 Å². The van der Waals surface area contributed by atoms with Gasteiger partial charge in [-0.1, -0.05) is 6.42 Å². The number of rotatable bonds is 4. The minimum absolute atomic E-state index is 0.138. The molecule has 22 heavy (non-hydrogen) atoms. The first-order chi connectivity index (χ1) is 10.3. The van der Waals surface area contributed by atoms with Gasteiger partial charge in [-0.3, -0.25) is 9.59 Å². The molecule has 0 spiro atoms. The van der Waals surface area contributed by atoms with Crippen LogP contribution in [0, 0.1) is 5.92 Å². The molecule has 7 heteroatoms. The zero-order valence-electron chi connectivity index (χ0n) is 11.9. The summed E-state index contributed by atoms with van der Waals surface area (Å²) in [6.45, 7) is 1.43. The number of nitrogens with one attached hydrogen (secondary N) is 1. The van der Waals surface area contributed by atoms with Gasteiger partial charge in [0.25, 0.3) is 5.91 Å². The third-order valence-electron chi connectivity index (χ3n) is 3.58. The highest BCUT2D eigenvalue weighted by Gasteiger charge is 2.31. The van der Waals surface area contributed by atoms with Crippen LogP contribution >= 0.6 is 0 Å². The summed E-state index contributed by atoms with van der Waals surface area (Å²) in [6.07, 6.45) is -2.89. The van der Waals surface area contributed by atoms with E-state index in [9.17, 15) is 22.8 Å². The maximum atomic E-state index is 12.4. The molecule has 0 bridgehead atoms. The van der Waals surface area contributed by atoms with Crippen molar-refractivity contribution >= 4 is 17.6 Å². The van der Waals surface area contributed by atoms with Crippen LogP contribution in [0.5, 0.6) is 0 Å². The van der Waals surface area contributed by atoms with Gasteiger partial charge in [-0.2, -0.15) is 13.2 Å². The first-order valence-electron chi connectivity index (χ1n) is 6.96. The summed E-state index contributed by atoms with van der Waals surface area (Å²) in [5.41, 5.74) is -0.584. The highest BCUT2D eigenvalue weighted by molar-refractivity contribution is 5.95. The molecule has 0 radical (unpaired) electrons. The number of ether oxygens (including phenoxy) is 1. The van der Waals surface area contributed by atoms with Gasteiger partial charge in [0.15, 0.2) is 6.10 Å². The lowest BCUT2D eigenvalue weighted by Gasteiger charge is -2.24. The standard InChI is InChI=1S/C15H16F3NO3/c1-9(22-14(21)10-3-2-4-10)13(20)19-12-7-5-11(6-8-12)15(16,17)18/h5-10H,2-4H2,1H3,(H,19,20)/t9-/m0/s1. The van der Waals surface area contributed by atoms with E-state index in [1.807, 2.05) is 0 Å². The van der Waals surface area contributed by atoms with Gasteiger partial charge in [-0.05, 0) is 44.0 Å². The third kappa shape index (κ3) is 3.99. The van der Waals surface area contributed by atoms with Crippen molar-refractivity contribution in [2.24, 2.45) is 5.92 Å². The number of carbonyl (C=O) groups is 2. The zero-order valence-corrected chi connectivity index (χ0v) is 11.9. The Bertz CT molecular complexity index is 550. The van der Waals surface area contributed by atoms with Crippen molar-refractivity contribution < 1.29 is 27.5 Å². The Morgan fingerprint density at radius 1 is 1.23 bits per heavy atom. The van der Waals surface area contributed by atoms with E-state index in [0.29, 0.717) is 0 Å². The number of hydrogen-bond donors (Lipinski definition) is 1. The van der Waals surface area contributed by atoms with E-state index < -0.39 is 29.7 Å². The first kappa shape index (κ1) is 16.3. The lowest BCUT2D eigenvalue weighted by Crippen LogP contribution is -2.34. The van der Waals surface area contributed by atoms with Gasteiger partial charge >= 0.3 is 12.1 Å². The van der Waals surface area contributed by atoms with Crippen LogP contribution < -0.4 is 5.32 Å². The first-order valence-corrected chi connectivity index (χ1v) is 6.96. The van der Waals surface area contributed by atoms with Crippen molar-refractivity contribution in [2.75, 3.05) is 5.32 Å². The Labute approximate surface area is 125 Å². The van der Waals surface area contributed by atoms with Crippen LogP contribution in [-0.2, 0) is 20.5 Å². The fourth-order valence-electron chi connectivity index (χ4n) is 1.95. The van der Waals surface area contributed by atoms with E-state index >= 15 is 0 Å². The maximum Gasteiger partial charge on any atom is 0.416 e. The van der Waals surface area contributed by atoms with Gasteiger partial charge in [-0.25, -0.2) is 0 Å². The largest absolute Gasteiger partial charge is 0.452 e. The fourth-order valence-corrected chi connectivity index (χ4v) is 1.95. The molecule has 1 aliphatic carbocycles. The van der Waals surface area contributed by atoms with Crippen molar-refractivity contribution in [1.82, 2.24) is 0 Å². The van der Waals surface area contributed by atoms with Crippen molar-refractivity contribution in [3.8, 4) is 0 Å². The maximum absolute atomic E-state index is 12.4. The normalized spacial score (nSPS) is 16.5. The molecule has 1 fully saturated rings. The Hall–Kier alpha value is -2.05. The SMILES string of the molecule is C[C@H](OC(=O)C1CCC1)C(=O)Nc1ccc(C(F)(F)F)cc1. The van der Waals surface area contributed by atoms with Crippen molar-refractivity contribution in [3.05, 3.63) is 29.8 Å². The van der Waals surface area contributed by atoms with Crippen LogP contribution in [0.4, 0.5) is 18.9 Å². The molecule has 1 aromatic rings. The van der Waals surface area contributed by atoms with E-state index in [0.717, 1.165) is 43.5 Å². The van der Waals surface area contributed by atoms with Crippen LogP contribution in [0.15, 0.2) is 24.3 Å². The van der Waals surface area contributed by atoms with Gasteiger partial charge in [0.2, 0.25) is 0 Å². The molecule has 1 aromatic carbocycles. The molecule has 0 saturated heterocycles. The molecule has 4 nitrogen and oxygen atoms in total. The molecule has 1 aliphatic rings. The molecular weight excluding hydrogens is 299 g/mol. The summed E-state index contributed by atoms with van der Waals surface area (Å²) in [4.78, 5) is 23.5. The Morgan fingerprint density at radius 3 is 2.27 bits per heavy atom. The minimum Gasteiger partial charge on any atom is -0.452 e. The monoisotopic (exact) mass is 315 g/mol. The van der Waals surface area contributed by atoms with Crippen LogP contribution in [0.3, 0.4) is 0 Å². The lowest BCUT2D eigenvalue weighted by molar-refractivity contribution is -0.159. The summed E-state index contributed by atoms with van der Waals surface area (Å²) < 4.78 is 42.3. The predicted molar refractivity (Wildman–Crippen MR) is 73.0 cm³/mol. The lowest BCUT2D eigenvalue weighted by atomic mass is 9.86. The molecule has 0 heterocycles. The number of esters is 1. The topological polar surface area (TPSA) is 55.4 Å². The highest BCUT2D eigenvalue weighted by atomic mass is 19.4. The minimum atomic E-state index is -4.42. The van der Waals surface area contributed by atoms with E-state index in [-0.39, 0.29) is 11.6 Å². The van der Waals surface area contributed by atoms with Crippen LogP contribution in [0.25, 0.3) is 0 Å². The van der Waals surface area contributed by atoms with Gasteiger partial charge in [0.05, 0.1) is 11.5 Å². The smallest absolute Gasteiger partial charge is 0.416 e. The van der Waals surface area contributed by atoms with Crippen LogP contribution in [0.1, 0.15) is 31.7 Å². The number of amides is 1. The Kier molecular flexibility index (Phi) is 4.73. The van der Waals surface area contributed by atoms with Gasteiger partial charge < -0.3 is 10.1 Å². The van der Waals surface area contributed by atoms with Crippen molar-refractivity contribution in [3.63, 3.8) is 0 Å². The number of benzene rings is 1. The molecule has 0 aromatic heterocycles. The summed E-state index contributed by atoms with van der Waals surface area (Å²) in [7, 11) is 0. The Morgan fingerprint density at radius 2 is 1.82 bits per heavy atom. The number of anilines is 1. The summed E-state index contributed by atoms with van der Waals surface area (Å²) in [5, 5.41) is 2.42.